The van der Waals surface area contributed by atoms with Gasteiger partial charge in [0.1, 0.15) is 0 Å². The molecule has 0 amide bonds. The van der Waals surface area contributed by atoms with Crippen molar-refractivity contribution in [3.8, 4) is 0 Å². The van der Waals surface area contributed by atoms with Gasteiger partial charge in [-0.25, -0.2) is 0 Å². The lowest BCUT2D eigenvalue weighted by Crippen LogP contribution is -2.49. The van der Waals surface area contributed by atoms with Gasteiger partial charge in [0, 0.05) is 18.3 Å². The Bertz CT molecular complexity index is 464. The van der Waals surface area contributed by atoms with Crippen LogP contribution in [-0.4, -0.2) is 40.2 Å². The predicted octanol–water partition coefficient (Wildman–Crippen LogP) is 3.10. The average Bonchev–Trinajstić information content (AvgIpc) is 2.33. The van der Waals surface area contributed by atoms with Gasteiger partial charge in [-0.2, -0.15) is 0 Å². The molecule has 0 saturated carbocycles. The van der Waals surface area contributed by atoms with Crippen LogP contribution >= 0.6 is 34.8 Å². The van der Waals surface area contributed by atoms with Crippen molar-refractivity contribution in [1.82, 2.24) is 0 Å². The molecule has 1 rings (SSSR count). The quantitative estimate of drug-likeness (QED) is 0.158. The summed E-state index contributed by atoms with van der Waals surface area (Å²) in [5, 5.41) is 11.1. The lowest BCUT2D eigenvalue weighted by atomic mass is 10.0. The van der Waals surface area contributed by atoms with Crippen molar-refractivity contribution in [3.05, 3.63) is 10.4 Å². The van der Waals surface area contributed by atoms with E-state index in [0.29, 0.717) is 0 Å². The Morgan fingerprint density at radius 1 is 1.48 bits per heavy atom. The third-order valence-electron chi connectivity index (χ3n) is 2.68. The molecule has 0 aromatic carbocycles. The fourth-order valence-electron chi connectivity index (χ4n) is 1.74. The molecule has 1 saturated heterocycles. The molecule has 1 aliphatic rings. The van der Waals surface area contributed by atoms with E-state index in [4.69, 9.17) is 60.0 Å². The van der Waals surface area contributed by atoms with Gasteiger partial charge in [0.15, 0.2) is 6.10 Å². The van der Waals surface area contributed by atoms with E-state index in [9.17, 15) is 4.79 Å². The van der Waals surface area contributed by atoms with Gasteiger partial charge in [0.05, 0.1) is 12.1 Å². The number of halogens is 3. The Labute approximate surface area is 135 Å². The van der Waals surface area contributed by atoms with Crippen LogP contribution in [0.15, 0.2) is 5.11 Å². The van der Waals surface area contributed by atoms with Crippen molar-refractivity contribution >= 4 is 46.7 Å². The molecule has 0 spiro atoms. The highest BCUT2D eigenvalue weighted by Gasteiger charge is 2.42. The minimum Gasteiger partial charge on any atom is -0.456 e. The van der Waals surface area contributed by atoms with Crippen LogP contribution in [0.1, 0.15) is 20.3 Å². The van der Waals surface area contributed by atoms with Gasteiger partial charge >= 0.3 is 5.97 Å². The number of carbonyl (C=O) groups is 1. The molecule has 8 nitrogen and oxygen atoms in total. The second kappa shape index (κ2) is 7.38. The van der Waals surface area contributed by atoms with Gasteiger partial charge in [-0.05, 0) is 12.5 Å². The van der Waals surface area contributed by atoms with E-state index in [1.807, 2.05) is 0 Å². The minimum absolute atomic E-state index is 0.169. The first-order valence-corrected chi connectivity index (χ1v) is 6.97. The van der Waals surface area contributed by atoms with Crippen molar-refractivity contribution in [2.24, 2.45) is 5.11 Å². The number of carbonyl (C=O) groups excluding carboxylic acids is 1. The molecule has 0 aliphatic carbocycles. The Morgan fingerprint density at radius 2 is 2.10 bits per heavy atom. The summed E-state index contributed by atoms with van der Waals surface area (Å²) in [4.78, 5) is 13.8. The molecule has 0 aromatic rings. The maximum absolute atomic E-state index is 11.1. The highest BCUT2D eigenvalue weighted by atomic mass is 35.6. The van der Waals surface area contributed by atoms with Crippen LogP contribution in [0.3, 0.4) is 0 Å². The highest BCUT2D eigenvalue weighted by Crippen LogP contribution is 2.31. The van der Waals surface area contributed by atoms with Gasteiger partial charge in [-0.3, -0.25) is 10.2 Å². The van der Waals surface area contributed by atoms with E-state index in [2.05, 4.69) is 10.0 Å². The SMILES string of the molecule is CC(=O)O[C@@H]1C[C@H](N=[N+]=[N-])[C@@H](C)O[C@H]1OC(=N)C(Cl)(Cl)Cl. The topological polar surface area (TPSA) is 117 Å². The van der Waals surface area contributed by atoms with E-state index in [0.717, 1.165) is 0 Å². The number of nitrogens with one attached hydrogen (secondary N) is 1. The molecule has 1 N–H and O–H groups in total. The normalized spacial score (nSPS) is 29.2. The summed E-state index contributed by atoms with van der Waals surface area (Å²) < 4.78 is 13.6. The number of rotatable bonds is 3. The van der Waals surface area contributed by atoms with Gasteiger partial charge in [0.2, 0.25) is 12.2 Å². The fourth-order valence-corrected chi connectivity index (χ4v) is 1.88. The smallest absolute Gasteiger partial charge is 0.303 e. The van der Waals surface area contributed by atoms with Crippen molar-refractivity contribution in [3.63, 3.8) is 0 Å². The zero-order valence-electron chi connectivity index (χ0n) is 11.1. The fraction of sp³-hybridized carbons (Fsp3) is 0.800. The summed E-state index contributed by atoms with van der Waals surface area (Å²) in [6, 6.07) is -0.541. The van der Waals surface area contributed by atoms with Crippen LogP contribution in [0, 0.1) is 5.41 Å². The van der Waals surface area contributed by atoms with E-state index < -0.39 is 40.2 Å². The number of nitrogens with zero attached hydrogens (tertiary/aromatic N) is 3. The maximum Gasteiger partial charge on any atom is 0.303 e. The molecular formula is C10H13Cl3N4O4. The lowest BCUT2D eigenvalue weighted by Gasteiger charge is -2.37. The van der Waals surface area contributed by atoms with E-state index in [1.54, 1.807) is 6.92 Å². The molecule has 1 aliphatic heterocycles. The van der Waals surface area contributed by atoms with Crippen molar-refractivity contribution in [2.45, 2.75) is 48.6 Å². The van der Waals surface area contributed by atoms with Crippen LogP contribution < -0.4 is 0 Å². The third-order valence-corrected chi connectivity index (χ3v) is 3.19. The zero-order chi connectivity index (χ0) is 16.2. The standard InChI is InChI=1S/C10H13Cl3N4O4/c1-4-6(16-17-15)3-7(20-5(2)18)8(19-4)21-9(14)10(11,12)13/h4,6-8,14H,3H2,1-2H3/t4-,6+,7-,8+/m1/s1. The number of alkyl halides is 3. The first-order chi connectivity index (χ1) is 9.65. The molecule has 118 valence electrons. The minimum atomic E-state index is -2.06. The average molecular weight is 360 g/mol. The lowest BCUT2D eigenvalue weighted by molar-refractivity contribution is -0.222. The van der Waals surface area contributed by atoms with Crippen molar-refractivity contribution in [1.29, 1.82) is 5.41 Å². The molecule has 0 unspecified atom stereocenters. The Morgan fingerprint density at radius 3 is 2.57 bits per heavy atom. The zero-order valence-corrected chi connectivity index (χ0v) is 13.4. The van der Waals surface area contributed by atoms with Crippen LogP contribution in [-0.2, 0) is 19.0 Å². The highest BCUT2D eigenvalue weighted by molar-refractivity contribution is 6.76. The summed E-state index contributed by atoms with van der Waals surface area (Å²) in [6.45, 7) is 2.86. The van der Waals surface area contributed by atoms with Gasteiger partial charge in [-0.1, -0.05) is 39.9 Å². The van der Waals surface area contributed by atoms with Crippen molar-refractivity contribution < 1.29 is 19.0 Å². The second-order valence-corrected chi connectivity index (χ2v) is 6.59. The van der Waals surface area contributed by atoms with Crippen LogP contribution in [0.25, 0.3) is 10.4 Å². The Balaban J connectivity index is 2.86. The van der Waals surface area contributed by atoms with Crippen molar-refractivity contribution in [2.75, 3.05) is 0 Å². The molecule has 21 heavy (non-hydrogen) atoms. The summed E-state index contributed by atoms with van der Waals surface area (Å²) in [5.41, 5.74) is 8.50. The monoisotopic (exact) mass is 358 g/mol. The Kier molecular flexibility index (Phi) is 6.37. The number of hydrogen-bond donors (Lipinski definition) is 1. The summed E-state index contributed by atoms with van der Waals surface area (Å²) in [5.74, 6) is -1.24. The van der Waals surface area contributed by atoms with E-state index in [1.165, 1.54) is 6.92 Å². The second-order valence-electron chi connectivity index (χ2n) is 4.31. The summed E-state index contributed by atoms with van der Waals surface area (Å²) >= 11 is 16.6. The molecule has 0 radical (unpaired) electrons. The number of azide groups is 1. The van der Waals surface area contributed by atoms with Crippen LogP contribution in [0.2, 0.25) is 0 Å². The molecule has 1 fully saturated rings. The first-order valence-electron chi connectivity index (χ1n) is 5.84. The number of ether oxygens (including phenoxy) is 3. The van der Waals surface area contributed by atoms with Gasteiger partial charge < -0.3 is 14.2 Å². The number of esters is 1. The van der Waals surface area contributed by atoms with E-state index >= 15 is 0 Å². The Hall–Kier alpha value is -0.920. The maximum atomic E-state index is 11.1. The molecule has 0 bridgehead atoms. The molecule has 11 heteroatoms. The molecule has 4 atom stereocenters. The number of hydrogen-bond acceptors (Lipinski definition) is 6. The van der Waals surface area contributed by atoms with Crippen LogP contribution in [0.4, 0.5) is 0 Å². The molecule has 0 aromatic heterocycles. The van der Waals surface area contributed by atoms with Gasteiger partial charge in [0.25, 0.3) is 3.79 Å². The van der Waals surface area contributed by atoms with Crippen LogP contribution in [0.5, 0.6) is 0 Å². The summed E-state index contributed by atoms with van der Waals surface area (Å²) in [7, 11) is 0. The largest absolute Gasteiger partial charge is 0.456 e. The first kappa shape index (κ1) is 18.1. The molecular weight excluding hydrogens is 346 g/mol. The summed E-state index contributed by atoms with van der Waals surface area (Å²) in [6.07, 6.45) is -2.36. The predicted molar refractivity (Wildman–Crippen MR) is 76.5 cm³/mol. The third kappa shape index (κ3) is 5.41. The van der Waals surface area contributed by atoms with E-state index in [-0.39, 0.29) is 6.42 Å². The molecule has 1 heterocycles. The van der Waals surface area contributed by atoms with Gasteiger partial charge in [-0.15, -0.1) is 0 Å².